The second-order valence-corrected chi connectivity index (χ2v) is 3.41. The van der Waals surface area contributed by atoms with Gasteiger partial charge in [0.1, 0.15) is 0 Å². The maximum Gasteiger partial charge on any atom is 0.334 e. The van der Waals surface area contributed by atoms with E-state index >= 15 is 0 Å². The second-order valence-electron chi connectivity index (χ2n) is 3.41. The molecule has 0 fully saturated rings. The van der Waals surface area contributed by atoms with Gasteiger partial charge in [0, 0.05) is 13.0 Å². The molecule has 0 saturated carbocycles. The third kappa shape index (κ3) is 2.84. The molecule has 0 saturated heterocycles. The molecule has 0 aliphatic carbocycles. The van der Waals surface area contributed by atoms with Gasteiger partial charge in [-0.25, -0.2) is 4.79 Å². The van der Waals surface area contributed by atoms with Crippen molar-refractivity contribution in [2.75, 3.05) is 19.6 Å². The van der Waals surface area contributed by atoms with Crippen molar-refractivity contribution in [3.8, 4) is 0 Å². The predicted octanol–water partition coefficient (Wildman–Crippen LogP) is 1.94. The number of nitrogens with zero attached hydrogens (tertiary/aromatic N) is 1. The molecule has 3 nitrogen and oxygen atoms in total. The summed E-state index contributed by atoms with van der Waals surface area (Å²) in [6, 6.07) is 0. The molecule has 0 radical (unpaired) electrons. The van der Waals surface area contributed by atoms with E-state index in [-0.39, 0.29) is 12.2 Å². The number of carbonyl (C=O) groups is 1. The van der Waals surface area contributed by atoms with Crippen molar-refractivity contribution in [2.45, 2.75) is 33.9 Å². The van der Waals surface area contributed by atoms with E-state index in [1.54, 1.807) is 0 Å². The molecule has 0 heterocycles. The quantitative estimate of drug-likeness (QED) is 0.283. The molecule has 0 aromatic carbocycles. The summed E-state index contributed by atoms with van der Waals surface area (Å²) in [6.45, 7) is 14.6. The van der Waals surface area contributed by atoms with Gasteiger partial charge in [-0.1, -0.05) is 6.58 Å². The average molecular weight is 200 g/mol. The second kappa shape index (κ2) is 5.81. The average Bonchev–Trinajstić information content (AvgIpc) is 2.21. The van der Waals surface area contributed by atoms with Crippen LogP contribution in [0.25, 0.3) is 0 Å². The fraction of sp³-hybridized carbons (Fsp3) is 0.727. The van der Waals surface area contributed by atoms with Gasteiger partial charge in [-0.05, 0) is 20.8 Å². The fourth-order valence-electron chi connectivity index (χ4n) is 1.77. The molecule has 0 spiro atoms. The SMILES string of the molecule is C=CC(=O)OC(C)[N+](CC)(CC)CC. The summed E-state index contributed by atoms with van der Waals surface area (Å²) >= 11 is 0. The molecule has 0 aliphatic heterocycles. The molecule has 0 aromatic heterocycles. The largest absolute Gasteiger partial charge is 0.410 e. The Balaban J connectivity index is 4.50. The monoisotopic (exact) mass is 200 g/mol. The lowest BCUT2D eigenvalue weighted by Gasteiger charge is -2.39. The zero-order valence-corrected chi connectivity index (χ0v) is 9.75. The number of esters is 1. The summed E-state index contributed by atoms with van der Waals surface area (Å²) in [5.41, 5.74) is 0. The molecule has 1 unspecified atom stereocenters. The lowest BCUT2D eigenvalue weighted by molar-refractivity contribution is -0.962. The van der Waals surface area contributed by atoms with Crippen molar-refractivity contribution in [3.05, 3.63) is 12.7 Å². The number of hydrogen-bond acceptors (Lipinski definition) is 2. The summed E-state index contributed by atoms with van der Waals surface area (Å²) in [7, 11) is 0. The lowest BCUT2D eigenvalue weighted by Crippen LogP contribution is -2.55. The van der Waals surface area contributed by atoms with E-state index in [2.05, 4.69) is 27.4 Å². The first-order chi connectivity index (χ1) is 6.56. The number of ether oxygens (including phenoxy) is 1. The van der Waals surface area contributed by atoms with Crippen molar-refractivity contribution in [1.29, 1.82) is 0 Å². The van der Waals surface area contributed by atoms with Crippen LogP contribution in [0.15, 0.2) is 12.7 Å². The summed E-state index contributed by atoms with van der Waals surface area (Å²) in [4.78, 5) is 11.1. The fourth-order valence-corrected chi connectivity index (χ4v) is 1.77. The number of hydrogen-bond donors (Lipinski definition) is 0. The van der Waals surface area contributed by atoms with Gasteiger partial charge in [0.25, 0.3) is 0 Å². The minimum absolute atomic E-state index is 0.0968. The molecular weight excluding hydrogens is 178 g/mol. The highest BCUT2D eigenvalue weighted by Crippen LogP contribution is 2.14. The van der Waals surface area contributed by atoms with Gasteiger partial charge < -0.3 is 4.74 Å². The first kappa shape index (κ1) is 13.2. The van der Waals surface area contributed by atoms with Crippen molar-refractivity contribution in [2.24, 2.45) is 0 Å². The van der Waals surface area contributed by atoms with E-state index in [4.69, 9.17) is 4.74 Å². The number of carbonyl (C=O) groups excluding carboxylic acids is 1. The number of rotatable bonds is 6. The van der Waals surface area contributed by atoms with E-state index in [1.807, 2.05) is 6.92 Å². The predicted molar refractivity (Wildman–Crippen MR) is 57.6 cm³/mol. The minimum atomic E-state index is -0.338. The maximum atomic E-state index is 11.1. The molecule has 1 atom stereocenters. The molecule has 14 heavy (non-hydrogen) atoms. The van der Waals surface area contributed by atoms with Crippen LogP contribution in [0.4, 0.5) is 0 Å². The van der Waals surface area contributed by atoms with Crippen molar-refractivity contribution in [3.63, 3.8) is 0 Å². The van der Waals surface area contributed by atoms with Gasteiger partial charge >= 0.3 is 5.97 Å². The molecule has 0 bridgehead atoms. The maximum absolute atomic E-state index is 11.1. The van der Waals surface area contributed by atoms with Crippen LogP contribution >= 0.6 is 0 Å². The highest BCUT2D eigenvalue weighted by atomic mass is 16.6. The van der Waals surface area contributed by atoms with Crippen molar-refractivity contribution >= 4 is 5.97 Å². The third-order valence-electron chi connectivity index (χ3n) is 3.11. The van der Waals surface area contributed by atoms with E-state index in [1.165, 1.54) is 6.08 Å². The first-order valence-corrected chi connectivity index (χ1v) is 5.25. The van der Waals surface area contributed by atoms with Crippen LogP contribution in [-0.2, 0) is 9.53 Å². The summed E-state index contributed by atoms with van der Waals surface area (Å²) < 4.78 is 6.06. The van der Waals surface area contributed by atoms with E-state index in [0.29, 0.717) is 0 Å². The van der Waals surface area contributed by atoms with Gasteiger partial charge in [0.2, 0.25) is 6.23 Å². The number of quaternary nitrogens is 1. The van der Waals surface area contributed by atoms with Crippen LogP contribution in [0.2, 0.25) is 0 Å². The van der Waals surface area contributed by atoms with Crippen LogP contribution in [0.5, 0.6) is 0 Å². The Morgan fingerprint density at radius 2 is 1.79 bits per heavy atom. The molecule has 0 N–H and O–H groups in total. The van der Waals surface area contributed by atoms with Crippen LogP contribution in [-0.4, -0.2) is 36.3 Å². The van der Waals surface area contributed by atoms with Crippen LogP contribution in [0, 0.1) is 0 Å². The molecular formula is C11H22NO2+. The van der Waals surface area contributed by atoms with Crippen LogP contribution in [0.3, 0.4) is 0 Å². The normalized spacial score (nSPS) is 13.4. The standard InChI is InChI=1S/C11H22NO2/c1-6-11(13)14-10(5)12(7-2,8-3)9-4/h6,10H,1,7-9H2,2-5H3/q+1. The Hall–Kier alpha value is -0.830. The van der Waals surface area contributed by atoms with Crippen molar-refractivity contribution < 1.29 is 14.0 Å². The Morgan fingerprint density at radius 3 is 2.07 bits per heavy atom. The summed E-state index contributed by atoms with van der Waals surface area (Å²) in [5.74, 6) is -0.338. The van der Waals surface area contributed by atoms with E-state index < -0.39 is 0 Å². The minimum Gasteiger partial charge on any atom is -0.410 e. The highest BCUT2D eigenvalue weighted by molar-refractivity contribution is 5.81. The van der Waals surface area contributed by atoms with Crippen LogP contribution < -0.4 is 0 Å². The molecule has 0 aliphatic rings. The van der Waals surface area contributed by atoms with Gasteiger partial charge in [0.15, 0.2) is 0 Å². The molecule has 0 amide bonds. The first-order valence-electron chi connectivity index (χ1n) is 5.25. The van der Waals surface area contributed by atoms with E-state index in [0.717, 1.165) is 24.1 Å². The summed E-state index contributed by atoms with van der Waals surface area (Å²) in [6.07, 6.45) is 1.12. The topological polar surface area (TPSA) is 26.3 Å². The Morgan fingerprint density at radius 1 is 1.36 bits per heavy atom. The molecule has 0 rings (SSSR count). The van der Waals surface area contributed by atoms with Crippen LogP contribution in [0.1, 0.15) is 27.7 Å². The third-order valence-corrected chi connectivity index (χ3v) is 3.11. The smallest absolute Gasteiger partial charge is 0.334 e. The van der Waals surface area contributed by atoms with Gasteiger partial charge in [-0.2, -0.15) is 0 Å². The Bertz CT molecular complexity index is 189. The zero-order valence-electron chi connectivity index (χ0n) is 9.75. The highest BCUT2D eigenvalue weighted by Gasteiger charge is 2.30. The van der Waals surface area contributed by atoms with Gasteiger partial charge in [-0.15, -0.1) is 0 Å². The Kier molecular flexibility index (Phi) is 5.46. The van der Waals surface area contributed by atoms with Gasteiger partial charge in [-0.3, -0.25) is 4.48 Å². The molecule has 0 aromatic rings. The summed E-state index contributed by atoms with van der Waals surface area (Å²) in [5, 5.41) is 0. The zero-order chi connectivity index (χ0) is 11.2. The lowest BCUT2D eigenvalue weighted by atomic mass is 10.3. The molecule has 82 valence electrons. The Labute approximate surface area is 86.9 Å². The van der Waals surface area contributed by atoms with E-state index in [9.17, 15) is 4.79 Å². The molecule has 3 heteroatoms. The van der Waals surface area contributed by atoms with Gasteiger partial charge in [0.05, 0.1) is 19.6 Å². The van der Waals surface area contributed by atoms with Crippen molar-refractivity contribution in [1.82, 2.24) is 0 Å².